The van der Waals surface area contributed by atoms with Crippen molar-refractivity contribution in [1.29, 1.82) is 0 Å². The number of imidazole rings is 2. The van der Waals surface area contributed by atoms with Gasteiger partial charge in [0.05, 0.1) is 60.6 Å². The zero-order valence-corrected chi connectivity index (χ0v) is 43.6. The van der Waals surface area contributed by atoms with Crippen molar-refractivity contribution in [3.05, 3.63) is 107 Å². The summed E-state index contributed by atoms with van der Waals surface area (Å²) in [6.07, 6.45) is 8.25. The van der Waals surface area contributed by atoms with Crippen LogP contribution in [0.5, 0.6) is 0 Å². The van der Waals surface area contributed by atoms with Crippen molar-refractivity contribution in [2.45, 2.75) is 159 Å². The standard InChI is InChI=1S/C59H70N8O8/c1-31-24-37-17-15-34(25-42(37)38-20-22-44-46(27-38)62-54(60-44)50-29-40-10-6-8-12-48(40)66(50)56(70)52(32(2)68)64-58(72)74-4)14-16-35-18-19-36(31)26-43(35)39-21-23-45-47(28-39)63-55(61-45)51-30-41-11-7-9-13-49(41)67(51)57(71)53(33(3)69)65-59(73)75-5/h15,17-23,25-28,31-33,40-41,48-53,68-69H,6-14,16,24,29-30H2,1-5H3,(H,60,62)(H,61,63)(H,64,72)(H,65,73)/t31-,32-,33-,40+,41+,48+,49+,50+,51+,52+,53+/m1/s1. The minimum Gasteiger partial charge on any atom is -0.453 e. The molecule has 11 atom stereocenters. The van der Waals surface area contributed by atoms with Crippen molar-refractivity contribution in [1.82, 2.24) is 40.4 Å². The van der Waals surface area contributed by atoms with Crippen LogP contribution in [-0.4, -0.2) is 115 Å². The van der Waals surface area contributed by atoms with Gasteiger partial charge in [-0.3, -0.25) is 9.59 Å². The van der Waals surface area contributed by atoms with Gasteiger partial charge < -0.3 is 50.1 Å². The Morgan fingerprint density at radius 1 is 0.627 bits per heavy atom. The van der Waals surface area contributed by atoms with Crippen LogP contribution in [-0.2, 0) is 38.3 Å². The molecule has 16 heteroatoms. The molecule has 16 nitrogen and oxygen atoms in total. The van der Waals surface area contributed by atoms with Gasteiger partial charge in [-0.2, -0.15) is 0 Å². The van der Waals surface area contributed by atoms with Crippen LogP contribution in [0.15, 0.2) is 72.8 Å². The lowest BCUT2D eigenvalue weighted by Gasteiger charge is -2.36. The molecule has 4 fully saturated rings. The van der Waals surface area contributed by atoms with E-state index < -0.39 is 36.5 Å². The van der Waals surface area contributed by atoms with E-state index in [1.54, 1.807) is 0 Å². The second-order valence-electron chi connectivity index (χ2n) is 22.1. The number of ether oxygens (including phenoxy) is 2. The third-order valence-electron chi connectivity index (χ3n) is 17.4. The number of hydrogen-bond acceptors (Lipinski definition) is 10. The fourth-order valence-electron chi connectivity index (χ4n) is 13.6. The molecule has 2 saturated carbocycles. The highest BCUT2D eigenvalue weighted by atomic mass is 16.5. The number of nitrogens with zero attached hydrogens (tertiary/aromatic N) is 4. The van der Waals surface area contributed by atoms with Gasteiger partial charge in [-0.25, -0.2) is 19.6 Å². The number of nitrogens with one attached hydrogen (secondary N) is 4. The molecular weight excluding hydrogens is 949 g/mol. The highest BCUT2D eigenvalue weighted by molar-refractivity contribution is 5.89. The van der Waals surface area contributed by atoms with E-state index >= 15 is 0 Å². The summed E-state index contributed by atoms with van der Waals surface area (Å²) in [5, 5.41) is 26.6. The summed E-state index contributed by atoms with van der Waals surface area (Å²) in [5.74, 6) is 1.57. The Labute approximate surface area is 437 Å². The van der Waals surface area contributed by atoms with Gasteiger partial charge in [0, 0.05) is 12.1 Å². The predicted octanol–water partition coefficient (Wildman–Crippen LogP) is 9.09. The number of carbonyl (C=O) groups is 4. The van der Waals surface area contributed by atoms with Crippen molar-refractivity contribution in [3.63, 3.8) is 0 Å². The number of H-pyrrole nitrogens is 2. The first-order valence-corrected chi connectivity index (χ1v) is 27.2. The summed E-state index contributed by atoms with van der Waals surface area (Å²) in [4.78, 5) is 74.7. The van der Waals surface area contributed by atoms with E-state index in [0.29, 0.717) is 23.5 Å². The number of fused-ring (bicyclic) bond motifs is 4. The number of methoxy groups -OCH3 is 2. The molecule has 14 rings (SSSR count). The number of alkyl carbamates (subject to hydrolysis) is 2. The molecule has 8 aliphatic rings. The Balaban J connectivity index is 0.862. The van der Waals surface area contributed by atoms with Crippen LogP contribution in [0.1, 0.15) is 137 Å². The Bertz CT molecular complexity index is 3150. The minimum absolute atomic E-state index is 0.00489. The van der Waals surface area contributed by atoms with E-state index in [-0.39, 0.29) is 41.9 Å². The Morgan fingerprint density at radius 2 is 1.12 bits per heavy atom. The zero-order valence-electron chi connectivity index (χ0n) is 43.6. The topological polar surface area (TPSA) is 215 Å². The number of aromatic amines is 2. The fourth-order valence-corrected chi connectivity index (χ4v) is 13.6. The molecule has 4 aromatic carbocycles. The molecule has 394 valence electrons. The Hall–Kier alpha value is -6.78. The SMILES string of the molecule is COC(=O)N[C@H](C(=O)N1[C@H](c2nc3cc(-c4cc5ccc4CCc4ccc(c(-c6ccc7[nH]c([C@@H]8C[C@@H]9CCCC[C@@H]9N8C(=O)[C@@H](NC(=O)OC)[C@@H](C)O)nc7c6)c4)C[C@H]5C)ccc3[nH]2)C[C@@H]2CCCC[C@@H]21)[C@@H](C)O. The molecule has 0 spiro atoms. The minimum atomic E-state index is -1.15. The van der Waals surface area contributed by atoms with E-state index in [9.17, 15) is 29.4 Å². The van der Waals surface area contributed by atoms with Crippen LogP contribution in [0.4, 0.5) is 9.59 Å². The molecule has 4 bridgehead atoms. The number of rotatable bonds is 10. The van der Waals surface area contributed by atoms with Gasteiger partial charge in [-0.15, -0.1) is 0 Å². The average molecular weight is 1020 g/mol. The molecule has 2 aliphatic heterocycles. The summed E-state index contributed by atoms with van der Waals surface area (Å²) in [6, 6.07) is 23.7. The molecule has 75 heavy (non-hydrogen) atoms. The van der Waals surface area contributed by atoms with Gasteiger partial charge in [0.1, 0.15) is 23.7 Å². The zero-order chi connectivity index (χ0) is 52.2. The monoisotopic (exact) mass is 1020 g/mol. The maximum absolute atomic E-state index is 14.4. The van der Waals surface area contributed by atoms with Crippen LogP contribution in [0.3, 0.4) is 0 Å². The lowest BCUT2D eigenvalue weighted by atomic mass is 9.84. The predicted molar refractivity (Wildman–Crippen MR) is 285 cm³/mol. The molecule has 2 saturated heterocycles. The largest absolute Gasteiger partial charge is 0.453 e. The van der Waals surface area contributed by atoms with E-state index in [0.717, 1.165) is 117 Å². The van der Waals surface area contributed by atoms with E-state index in [2.05, 4.69) is 100 Å². The van der Waals surface area contributed by atoms with Gasteiger partial charge in [-0.1, -0.05) is 81.1 Å². The highest BCUT2D eigenvalue weighted by Crippen LogP contribution is 2.48. The number of likely N-dealkylation sites (tertiary alicyclic amines) is 2. The van der Waals surface area contributed by atoms with E-state index in [1.165, 1.54) is 61.4 Å². The molecular formula is C59H70N8O8. The molecule has 0 radical (unpaired) electrons. The summed E-state index contributed by atoms with van der Waals surface area (Å²) >= 11 is 0. The fraction of sp³-hybridized carbons (Fsp3) is 0.492. The lowest BCUT2D eigenvalue weighted by molar-refractivity contribution is -0.140. The number of aliphatic hydroxyl groups excluding tert-OH is 2. The molecule has 6 aliphatic carbocycles. The summed E-state index contributed by atoms with van der Waals surface area (Å²) < 4.78 is 9.65. The van der Waals surface area contributed by atoms with Gasteiger partial charge in [0.25, 0.3) is 0 Å². The number of aryl methyl sites for hydroxylation is 2. The average Bonchev–Trinajstić information content (AvgIpc) is 4.22. The van der Waals surface area contributed by atoms with E-state index in [4.69, 9.17) is 19.4 Å². The summed E-state index contributed by atoms with van der Waals surface area (Å²) in [6.45, 7) is 5.32. The van der Waals surface area contributed by atoms with Gasteiger partial charge in [0.15, 0.2) is 0 Å². The van der Waals surface area contributed by atoms with Crippen LogP contribution in [0, 0.1) is 11.8 Å². The summed E-state index contributed by atoms with van der Waals surface area (Å²) in [7, 11) is 2.49. The van der Waals surface area contributed by atoms with Crippen LogP contribution in [0.25, 0.3) is 44.3 Å². The first-order chi connectivity index (χ1) is 36.3. The number of hydrogen-bond donors (Lipinski definition) is 6. The van der Waals surface area contributed by atoms with Crippen LogP contribution >= 0.6 is 0 Å². The van der Waals surface area contributed by atoms with Crippen LogP contribution < -0.4 is 10.6 Å². The number of amides is 4. The number of benzene rings is 4. The second kappa shape index (κ2) is 20.7. The normalized spacial score (nSPS) is 24.9. The molecule has 6 aromatic rings. The van der Waals surface area contributed by atoms with Crippen molar-refractivity contribution in [2.24, 2.45) is 11.8 Å². The van der Waals surface area contributed by atoms with Crippen molar-refractivity contribution in [2.75, 3.05) is 14.2 Å². The molecule has 4 heterocycles. The number of aromatic nitrogens is 4. The number of carbonyl (C=O) groups excluding carboxylic acids is 4. The Kier molecular flexibility index (Phi) is 13.9. The Morgan fingerprint density at radius 3 is 1.63 bits per heavy atom. The molecule has 4 amide bonds. The number of aliphatic hydroxyl groups is 2. The molecule has 6 N–H and O–H groups in total. The van der Waals surface area contributed by atoms with Gasteiger partial charge in [-0.05, 0) is 158 Å². The molecule has 2 aromatic heterocycles. The van der Waals surface area contributed by atoms with Crippen molar-refractivity contribution in [3.8, 4) is 22.3 Å². The lowest BCUT2D eigenvalue weighted by Crippen LogP contribution is -2.55. The van der Waals surface area contributed by atoms with Crippen LogP contribution in [0.2, 0.25) is 0 Å². The van der Waals surface area contributed by atoms with Gasteiger partial charge >= 0.3 is 12.2 Å². The quantitative estimate of drug-likeness (QED) is 0.0765. The first-order valence-electron chi connectivity index (χ1n) is 27.2. The highest BCUT2D eigenvalue weighted by Gasteiger charge is 2.50. The maximum Gasteiger partial charge on any atom is 0.407 e. The van der Waals surface area contributed by atoms with E-state index in [1.807, 2.05) is 9.80 Å². The third-order valence-corrected chi connectivity index (χ3v) is 17.4. The first kappa shape index (κ1) is 50.4. The second-order valence-corrected chi connectivity index (χ2v) is 22.1. The van der Waals surface area contributed by atoms with Crippen molar-refractivity contribution < 1.29 is 38.9 Å². The van der Waals surface area contributed by atoms with Crippen molar-refractivity contribution >= 4 is 46.1 Å². The smallest absolute Gasteiger partial charge is 0.407 e. The van der Waals surface area contributed by atoms with Gasteiger partial charge in [0.2, 0.25) is 11.8 Å². The maximum atomic E-state index is 14.4. The summed E-state index contributed by atoms with van der Waals surface area (Å²) in [5.41, 5.74) is 12.9. The third kappa shape index (κ3) is 9.64. The molecule has 0 unspecified atom stereocenters.